The highest BCUT2D eigenvalue weighted by Gasteiger charge is 2.29. The highest BCUT2D eigenvalue weighted by molar-refractivity contribution is 6.27. The molecule has 4 rings (SSSR count). The fraction of sp³-hybridized carbons (Fsp3) is 0.226. The molecule has 0 saturated carbocycles. The van der Waals surface area contributed by atoms with E-state index < -0.39 is 11.8 Å². The van der Waals surface area contributed by atoms with E-state index in [1.807, 2.05) is 0 Å². The van der Waals surface area contributed by atoms with E-state index in [0.29, 0.717) is 34.3 Å². The van der Waals surface area contributed by atoms with E-state index in [2.05, 4.69) is 6.58 Å². The molecule has 0 spiro atoms. The van der Waals surface area contributed by atoms with Gasteiger partial charge in [0.05, 0.1) is 39.6 Å². The molecule has 0 amide bonds. The molecule has 0 aliphatic carbocycles. The van der Waals surface area contributed by atoms with Crippen LogP contribution >= 0.6 is 0 Å². The number of hydrogen-bond acceptors (Lipinski definition) is 9. The van der Waals surface area contributed by atoms with E-state index >= 15 is 0 Å². The number of benzene rings is 3. The van der Waals surface area contributed by atoms with E-state index in [0.717, 1.165) is 0 Å². The first-order valence-corrected chi connectivity index (χ1v) is 12.5. The quantitative estimate of drug-likeness (QED) is 0.174. The van der Waals surface area contributed by atoms with Gasteiger partial charge in [0.15, 0.2) is 28.8 Å². The largest absolute Gasteiger partial charge is 0.496 e. The van der Waals surface area contributed by atoms with Crippen molar-refractivity contribution < 1.29 is 47.9 Å². The molecule has 214 valence electrons. The molecule has 3 aromatic rings. The average molecular weight is 563 g/mol. The second-order valence-electron chi connectivity index (χ2n) is 8.71. The molecular weight excluding hydrogens is 532 g/mol. The van der Waals surface area contributed by atoms with Crippen molar-refractivity contribution in [1.29, 1.82) is 0 Å². The smallest absolute Gasteiger partial charge is 0.336 e. The standard InChI is InChI=1S/C31H30O10/c1-6-11-39-25-15-19(16-26-30(25)41-17-40-26)27(31(33)34)21(28(32)20-9-7-8-10-22(20)35-2)12-18-13-23(36-3)29(38-5)24(14-18)37-4/h6-10,13-16H,1,11-12,17H2,2-5H3,(H,33,34)/b27-21+. The molecule has 1 heterocycles. The number of carbonyl (C=O) groups is 2. The minimum Gasteiger partial charge on any atom is -0.496 e. The average Bonchev–Trinajstić information content (AvgIpc) is 3.47. The number of fused-ring (bicyclic) bond motifs is 1. The van der Waals surface area contributed by atoms with E-state index in [-0.39, 0.29) is 53.6 Å². The second kappa shape index (κ2) is 12.8. The van der Waals surface area contributed by atoms with Crippen LogP contribution < -0.4 is 33.2 Å². The van der Waals surface area contributed by atoms with Gasteiger partial charge in [-0.15, -0.1) is 0 Å². The Hall–Kier alpha value is -5.12. The summed E-state index contributed by atoms with van der Waals surface area (Å²) in [5.74, 6) is 0.371. The summed E-state index contributed by atoms with van der Waals surface area (Å²) < 4.78 is 38.6. The number of Topliss-reactive ketones (excluding diaryl/α,β-unsaturated/α-hetero) is 1. The van der Waals surface area contributed by atoms with Gasteiger partial charge < -0.3 is 38.3 Å². The lowest BCUT2D eigenvalue weighted by molar-refractivity contribution is -0.130. The predicted molar refractivity (Wildman–Crippen MR) is 150 cm³/mol. The maximum atomic E-state index is 14.2. The maximum absolute atomic E-state index is 14.2. The van der Waals surface area contributed by atoms with Gasteiger partial charge in [-0.1, -0.05) is 24.8 Å². The van der Waals surface area contributed by atoms with Gasteiger partial charge in [0.25, 0.3) is 0 Å². The molecule has 0 bridgehead atoms. The summed E-state index contributed by atoms with van der Waals surface area (Å²) >= 11 is 0. The van der Waals surface area contributed by atoms with Crippen LogP contribution in [-0.4, -0.2) is 58.7 Å². The van der Waals surface area contributed by atoms with Gasteiger partial charge in [0, 0.05) is 12.0 Å². The molecule has 0 fully saturated rings. The Morgan fingerprint density at radius 2 is 1.59 bits per heavy atom. The van der Waals surface area contributed by atoms with Crippen LogP contribution in [-0.2, 0) is 11.2 Å². The van der Waals surface area contributed by atoms with Crippen LogP contribution in [0, 0.1) is 0 Å². The zero-order valence-electron chi connectivity index (χ0n) is 23.1. The normalized spacial score (nSPS) is 12.2. The number of rotatable bonds is 13. The number of ether oxygens (including phenoxy) is 7. The van der Waals surface area contributed by atoms with Crippen LogP contribution in [0.4, 0.5) is 0 Å². The number of carboxylic acids is 1. The minimum atomic E-state index is -1.33. The molecule has 10 nitrogen and oxygen atoms in total. The third-order valence-corrected chi connectivity index (χ3v) is 6.33. The Labute approximate surface area is 237 Å². The Bertz CT molecular complexity index is 1480. The Morgan fingerprint density at radius 1 is 0.902 bits per heavy atom. The Balaban J connectivity index is 1.99. The first-order valence-electron chi connectivity index (χ1n) is 12.5. The van der Waals surface area contributed by atoms with Gasteiger partial charge in [-0.2, -0.15) is 0 Å². The number of para-hydroxylation sites is 1. The molecule has 0 radical (unpaired) electrons. The molecule has 0 saturated heterocycles. The lowest BCUT2D eigenvalue weighted by Crippen LogP contribution is -2.15. The molecule has 10 heteroatoms. The van der Waals surface area contributed by atoms with Crippen molar-refractivity contribution in [1.82, 2.24) is 0 Å². The SMILES string of the molecule is C=CCOc1cc(/C(C(=O)O)=C(/Cc2cc(OC)c(OC)c(OC)c2)C(=O)c2ccccc2OC)cc2c1OCO2. The van der Waals surface area contributed by atoms with E-state index in [1.165, 1.54) is 40.6 Å². The highest BCUT2D eigenvalue weighted by Crippen LogP contribution is 2.45. The number of methoxy groups -OCH3 is 4. The number of allylic oxidation sites excluding steroid dienone is 1. The second-order valence-corrected chi connectivity index (χ2v) is 8.71. The van der Waals surface area contributed by atoms with E-state index in [4.69, 9.17) is 33.2 Å². The van der Waals surface area contributed by atoms with Crippen molar-refractivity contribution in [2.75, 3.05) is 41.8 Å². The molecule has 1 N–H and O–H groups in total. The van der Waals surface area contributed by atoms with Crippen LogP contribution in [0.3, 0.4) is 0 Å². The summed E-state index contributed by atoms with van der Waals surface area (Å²) in [6.45, 7) is 3.74. The highest BCUT2D eigenvalue weighted by atomic mass is 16.7. The van der Waals surface area contributed by atoms with Crippen molar-refractivity contribution in [3.05, 3.63) is 83.4 Å². The van der Waals surface area contributed by atoms with Crippen molar-refractivity contribution in [3.63, 3.8) is 0 Å². The van der Waals surface area contributed by atoms with Gasteiger partial charge in [-0.05, 0) is 47.5 Å². The monoisotopic (exact) mass is 562 g/mol. The predicted octanol–water partition coefficient (Wildman–Crippen LogP) is 4.98. The number of ketones is 1. The van der Waals surface area contributed by atoms with Gasteiger partial charge in [-0.25, -0.2) is 4.79 Å². The van der Waals surface area contributed by atoms with Gasteiger partial charge >= 0.3 is 5.97 Å². The summed E-state index contributed by atoms with van der Waals surface area (Å²) in [6.07, 6.45) is 1.44. The number of carbonyl (C=O) groups excluding carboxylic acids is 1. The molecule has 0 atom stereocenters. The summed E-state index contributed by atoms with van der Waals surface area (Å²) in [6, 6.07) is 12.9. The van der Waals surface area contributed by atoms with Crippen LogP contribution in [0.25, 0.3) is 5.57 Å². The van der Waals surface area contributed by atoms with Crippen LogP contribution in [0.5, 0.6) is 40.2 Å². The van der Waals surface area contributed by atoms with Crippen LogP contribution in [0.1, 0.15) is 21.5 Å². The van der Waals surface area contributed by atoms with Crippen molar-refractivity contribution in [2.45, 2.75) is 6.42 Å². The molecule has 1 aliphatic rings. The number of carboxylic acid groups (broad SMARTS) is 1. The van der Waals surface area contributed by atoms with Gasteiger partial charge in [0.2, 0.25) is 18.3 Å². The maximum Gasteiger partial charge on any atom is 0.336 e. The van der Waals surface area contributed by atoms with Crippen LogP contribution in [0.2, 0.25) is 0 Å². The molecular formula is C31H30O10. The molecule has 0 aromatic heterocycles. The van der Waals surface area contributed by atoms with Crippen molar-refractivity contribution in [2.24, 2.45) is 0 Å². The summed E-state index contributed by atoms with van der Waals surface area (Å²) in [5.41, 5.74) is 0.646. The van der Waals surface area contributed by atoms with Crippen LogP contribution in [0.15, 0.2) is 66.8 Å². The molecule has 1 aliphatic heterocycles. The topological polar surface area (TPSA) is 119 Å². The van der Waals surface area contributed by atoms with Crippen molar-refractivity contribution in [3.8, 4) is 40.2 Å². The van der Waals surface area contributed by atoms with Gasteiger partial charge in [-0.3, -0.25) is 4.79 Å². The fourth-order valence-corrected chi connectivity index (χ4v) is 4.52. The summed E-state index contributed by atoms with van der Waals surface area (Å²) in [7, 11) is 5.86. The lowest BCUT2D eigenvalue weighted by Gasteiger charge is -2.18. The zero-order chi connectivity index (χ0) is 29.5. The first-order chi connectivity index (χ1) is 19.9. The van der Waals surface area contributed by atoms with Gasteiger partial charge in [0.1, 0.15) is 12.4 Å². The minimum absolute atomic E-state index is 0.0233. The van der Waals surface area contributed by atoms with Crippen molar-refractivity contribution >= 4 is 17.3 Å². The molecule has 0 unspecified atom stereocenters. The fourth-order valence-electron chi connectivity index (χ4n) is 4.52. The summed E-state index contributed by atoms with van der Waals surface area (Å²) in [5, 5.41) is 10.6. The first kappa shape index (κ1) is 28.9. The third-order valence-electron chi connectivity index (χ3n) is 6.33. The van der Waals surface area contributed by atoms with E-state index in [1.54, 1.807) is 42.5 Å². The summed E-state index contributed by atoms with van der Waals surface area (Å²) in [4.78, 5) is 27.1. The Kier molecular flexibility index (Phi) is 9.03. The lowest BCUT2D eigenvalue weighted by atomic mass is 9.88. The molecule has 3 aromatic carbocycles. The molecule has 41 heavy (non-hydrogen) atoms. The number of hydrogen-bond donors (Lipinski definition) is 1. The number of aliphatic carboxylic acids is 1. The van der Waals surface area contributed by atoms with E-state index in [9.17, 15) is 14.7 Å². The third kappa shape index (κ3) is 5.91. The zero-order valence-corrected chi connectivity index (χ0v) is 23.1. The Morgan fingerprint density at radius 3 is 2.20 bits per heavy atom.